The minimum Gasteiger partial charge on any atom is -0.493 e. The van der Waals surface area contributed by atoms with Crippen molar-refractivity contribution in [1.82, 2.24) is 9.80 Å². The van der Waals surface area contributed by atoms with Crippen LogP contribution in [-0.4, -0.2) is 74.4 Å². The van der Waals surface area contributed by atoms with E-state index in [4.69, 9.17) is 14.2 Å². The quantitative estimate of drug-likeness (QED) is 0.695. The number of hydrogen-bond donors (Lipinski definition) is 0. The molecule has 6 heteroatoms. The second-order valence-electron chi connectivity index (χ2n) is 8.49. The van der Waals surface area contributed by atoms with Crippen molar-refractivity contribution in [3.8, 4) is 11.5 Å². The third kappa shape index (κ3) is 5.86. The second-order valence-corrected chi connectivity index (χ2v) is 8.49. The molecule has 0 spiro atoms. The van der Waals surface area contributed by atoms with E-state index in [0.717, 1.165) is 45.4 Å². The Bertz CT molecular complexity index is 665. The number of likely N-dealkylation sites (tertiary alicyclic amines) is 1. The van der Waals surface area contributed by atoms with Gasteiger partial charge in [-0.1, -0.05) is 0 Å². The topological polar surface area (TPSA) is 51.2 Å². The molecule has 6 nitrogen and oxygen atoms in total. The summed E-state index contributed by atoms with van der Waals surface area (Å²) in [5.74, 6) is 1.32. The van der Waals surface area contributed by atoms with E-state index < -0.39 is 0 Å². The summed E-state index contributed by atoms with van der Waals surface area (Å²) in [7, 11) is 3.48. The van der Waals surface area contributed by atoms with Crippen LogP contribution in [0, 0.1) is 0 Å². The summed E-state index contributed by atoms with van der Waals surface area (Å²) in [4.78, 5) is 17.2. The molecule has 2 saturated heterocycles. The molecule has 1 atom stereocenters. The zero-order valence-electron chi connectivity index (χ0n) is 18.4. The summed E-state index contributed by atoms with van der Waals surface area (Å²) >= 11 is 0. The third-order valence-corrected chi connectivity index (χ3v) is 6.01. The molecule has 0 bridgehead atoms. The molecule has 3 rings (SSSR count). The highest BCUT2D eigenvalue weighted by molar-refractivity contribution is 5.94. The van der Waals surface area contributed by atoms with Gasteiger partial charge < -0.3 is 24.0 Å². The predicted octanol–water partition coefficient (Wildman–Crippen LogP) is 3.59. The van der Waals surface area contributed by atoms with Gasteiger partial charge in [-0.15, -0.1) is 0 Å². The van der Waals surface area contributed by atoms with Gasteiger partial charge >= 0.3 is 0 Å². The van der Waals surface area contributed by atoms with Crippen molar-refractivity contribution in [2.45, 2.75) is 64.2 Å². The molecule has 0 saturated carbocycles. The normalized spacial score (nSPS) is 21.2. The molecule has 1 amide bonds. The first kappa shape index (κ1) is 21.9. The van der Waals surface area contributed by atoms with Crippen molar-refractivity contribution in [3.05, 3.63) is 23.8 Å². The highest BCUT2D eigenvalue weighted by Gasteiger charge is 2.24. The number of benzene rings is 1. The minimum absolute atomic E-state index is 0.0127. The number of piperidine rings is 1. The lowest BCUT2D eigenvalue weighted by Gasteiger charge is -2.34. The summed E-state index contributed by atoms with van der Waals surface area (Å²) < 4.78 is 17.5. The van der Waals surface area contributed by atoms with Gasteiger partial charge in [-0.2, -0.15) is 0 Å². The van der Waals surface area contributed by atoms with Gasteiger partial charge in [-0.05, 0) is 64.2 Å². The standard InChI is InChI=1S/C23H36N2O4/c1-17(2)25-12-10-19(11-13-25)29-22-15-18(8-9-21(22)27-4)23(26)24(3)16-20-7-5-6-14-28-20/h8-9,15,17,19-20H,5-7,10-14,16H2,1-4H3/t20-/m1/s1. The predicted molar refractivity (Wildman–Crippen MR) is 114 cm³/mol. The number of carbonyl (C=O) groups excluding carboxylic acids is 1. The molecule has 1 aromatic carbocycles. The van der Waals surface area contributed by atoms with Crippen LogP contribution in [0.3, 0.4) is 0 Å². The second kappa shape index (κ2) is 10.3. The molecule has 0 unspecified atom stereocenters. The van der Waals surface area contributed by atoms with Crippen molar-refractivity contribution < 1.29 is 19.0 Å². The van der Waals surface area contributed by atoms with Gasteiger partial charge in [0.05, 0.1) is 13.2 Å². The first-order valence-corrected chi connectivity index (χ1v) is 10.9. The largest absolute Gasteiger partial charge is 0.493 e. The number of rotatable bonds is 7. The molecule has 0 aromatic heterocycles. The Morgan fingerprint density at radius 1 is 1.21 bits per heavy atom. The van der Waals surface area contributed by atoms with Gasteiger partial charge in [0, 0.05) is 44.9 Å². The van der Waals surface area contributed by atoms with E-state index in [0.29, 0.717) is 29.6 Å². The van der Waals surface area contributed by atoms with Crippen molar-refractivity contribution >= 4 is 5.91 Å². The molecule has 0 aliphatic carbocycles. The molecule has 2 fully saturated rings. The SMILES string of the molecule is COc1ccc(C(=O)N(C)C[C@H]2CCCCO2)cc1OC1CCN(C(C)C)CC1. The van der Waals surface area contributed by atoms with Gasteiger partial charge in [0.25, 0.3) is 5.91 Å². The van der Waals surface area contributed by atoms with E-state index in [1.165, 1.54) is 6.42 Å². The first-order valence-electron chi connectivity index (χ1n) is 10.9. The van der Waals surface area contributed by atoms with Crippen LogP contribution in [-0.2, 0) is 4.74 Å². The fourth-order valence-corrected chi connectivity index (χ4v) is 4.15. The molecule has 1 aromatic rings. The van der Waals surface area contributed by atoms with Crippen molar-refractivity contribution in [1.29, 1.82) is 0 Å². The monoisotopic (exact) mass is 404 g/mol. The first-order chi connectivity index (χ1) is 14.0. The molecule has 0 N–H and O–H groups in total. The van der Waals surface area contributed by atoms with Crippen LogP contribution < -0.4 is 9.47 Å². The number of hydrogen-bond acceptors (Lipinski definition) is 5. The maximum atomic E-state index is 12.9. The van der Waals surface area contributed by atoms with Crippen molar-refractivity contribution in [2.75, 3.05) is 40.4 Å². The van der Waals surface area contributed by atoms with E-state index >= 15 is 0 Å². The van der Waals surface area contributed by atoms with Crippen LogP contribution in [0.5, 0.6) is 11.5 Å². The number of methoxy groups -OCH3 is 1. The van der Waals surface area contributed by atoms with Crippen LogP contribution in [0.25, 0.3) is 0 Å². The third-order valence-electron chi connectivity index (χ3n) is 6.01. The van der Waals surface area contributed by atoms with Gasteiger partial charge in [0.1, 0.15) is 6.10 Å². The Morgan fingerprint density at radius 2 is 1.97 bits per heavy atom. The lowest BCUT2D eigenvalue weighted by Crippen LogP contribution is -2.41. The van der Waals surface area contributed by atoms with E-state index in [9.17, 15) is 4.79 Å². The van der Waals surface area contributed by atoms with Crippen molar-refractivity contribution in [2.24, 2.45) is 0 Å². The van der Waals surface area contributed by atoms with Crippen molar-refractivity contribution in [3.63, 3.8) is 0 Å². The zero-order chi connectivity index (χ0) is 20.8. The number of likely N-dealkylation sites (N-methyl/N-ethyl adjacent to an activating group) is 1. The zero-order valence-corrected chi connectivity index (χ0v) is 18.4. The van der Waals surface area contributed by atoms with Crippen LogP contribution >= 0.6 is 0 Å². The number of nitrogens with zero attached hydrogens (tertiary/aromatic N) is 2. The summed E-state index contributed by atoms with van der Waals surface area (Å²) in [6, 6.07) is 6.04. The molecule has 2 heterocycles. The van der Waals surface area contributed by atoms with Crippen LogP contribution in [0.1, 0.15) is 56.3 Å². The smallest absolute Gasteiger partial charge is 0.253 e. The van der Waals surface area contributed by atoms with Crippen LogP contribution in [0.15, 0.2) is 18.2 Å². The average Bonchev–Trinajstić information content (AvgIpc) is 2.74. The molecule has 29 heavy (non-hydrogen) atoms. The fraction of sp³-hybridized carbons (Fsp3) is 0.696. The molecule has 0 radical (unpaired) electrons. The van der Waals surface area contributed by atoms with E-state index in [1.54, 1.807) is 12.0 Å². The minimum atomic E-state index is -0.0127. The Balaban J connectivity index is 1.64. The van der Waals surface area contributed by atoms with E-state index in [1.807, 2.05) is 25.2 Å². The highest BCUT2D eigenvalue weighted by atomic mass is 16.5. The number of carbonyl (C=O) groups is 1. The lowest BCUT2D eigenvalue weighted by molar-refractivity contribution is -0.000198. The Hall–Kier alpha value is -1.79. The van der Waals surface area contributed by atoms with Crippen LogP contribution in [0.2, 0.25) is 0 Å². The molecule has 162 valence electrons. The number of amides is 1. The average molecular weight is 405 g/mol. The summed E-state index contributed by atoms with van der Waals surface area (Å²) in [5.41, 5.74) is 0.624. The maximum absolute atomic E-state index is 12.9. The molecular formula is C23H36N2O4. The summed E-state index contributed by atoms with van der Waals surface area (Å²) in [6.07, 6.45) is 5.56. The fourth-order valence-electron chi connectivity index (χ4n) is 4.15. The van der Waals surface area contributed by atoms with Gasteiger partial charge in [-0.3, -0.25) is 4.79 Å². The summed E-state index contributed by atoms with van der Waals surface area (Å²) in [5, 5.41) is 0. The van der Waals surface area contributed by atoms with Gasteiger partial charge in [-0.25, -0.2) is 0 Å². The lowest BCUT2D eigenvalue weighted by atomic mass is 10.1. The van der Waals surface area contributed by atoms with Gasteiger partial charge in [0.2, 0.25) is 0 Å². The van der Waals surface area contributed by atoms with Crippen LogP contribution in [0.4, 0.5) is 0 Å². The Kier molecular flexibility index (Phi) is 7.78. The van der Waals surface area contributed by atoms with E-state index in [2.05, 4.69) is 18.7 Å². The Labute approximate surface area is 175 Å². The van der Waals surface area contributed by atoms with Gasteiger partial charge in [0.15, 0.2) is 11.5 Å². The highest BCUT2D eigenvalue weighted by Crippen LogP contribution is 2.31. The maximum Gasteiger partial charge on any atom is 0.253 e. The molecule has 2 aliphatic heterocycles. The van der Waals surface area contributed by atoms with E-state index in [-0.39, 0.29) is 18.1 Å². The molecule has 2 aliphatic rings. The summed E-state index contributed by atoms with van der Waals surface area (Å²) in [6.45, 7) is 7.95. The number of ether oxygens (including phenoxy) is 3. The Morgan fingerprint density at radius 3 is 2.59 bits per heavy atom. The molecular weight excluding hydrogens is 368 g/mol.